The highest BCUT2D eigenvalue weighted by Gasteiger charge is 2.19. The van der Waals surface area contributed by atoms with Gasteiger partial charge in [-0.25, -0.2) is 17.8 Å². The number of rotatable bonds is 5. The first-order valence-corrected chi connectivity index (χ1v) is 9.87. The van der Waals surface area contributed by atoms with Crippen LogP contribution in [0.4, 0.5) is 15.9 Å². The van der Waals surface area contributed by atoms with Crippen LogP contribution in [-0.4, -0.2) is 19.3 Å². The van der Waals surface area contributed by atoms with Gasteiger partial charge in [-0.15, -0.1) is 0 Å². The molecule has 2 N–H and O–H groups in total. The number of sulfonamides is 1. The first-order valence-electron chi connectivity index (χ1n) is 8.39. The van der Waals surface area contributed by atoms with Gasteiger partial charge in [-0.05, 0) is 67.9 Å². The van der Waals surface area contributed by atoms with Gasteiger partial charge in [-0.3, -0.25) is 9.52 Å². The Morgan fingerprint density at radius 1 is 1.00 bits per heavy atom. The summed E-state index contributed by atoms with van der Waals surface area (Å²) in [5.41, 5.74) is 1.61. The minimum atomic E-state index is -3.96. The fourth-order valence-corrected chi connectivity index (χ4v) is 3.89. The number of benzene rings is 2. The number of aryl methyl sites for hydroxylation is 2. The zero-order valence-electron chi connectivity index (χ0n) is 15.2. The lowest BCUT2D eigenvalue weighted by Crippen LogP contribution is -2.17. The predicted molar refractivity (Wildman–Crippen MR) is 105 cm³/mol. The molecule has 3 rings (SSSR count). The Morgan fingerprint density at radius 2 is 1.71 bits per heavy atom. The summed E-state index contributed by atoms with van der Waals surface area (Å²) in [4.78, 5) is 16.7. The van der Waals surface area contributed by atoms with Crippen LogP contribution in [0.25, 0.3) is 0 Å². The molecular formula is C20H18FN3O3S. The molecule has 0 bridgehead atoms. The average molecular weight is 399 g/mol. The number of hydrogen-bond donors (Lipinski definition) is 2. The maximum Gasteiger partial charge on any atom is 0.262 e. The van der Waals surface area contributed by atoms with E-state index in [4.69, 9.17) is 0 Å². The number of anilines is 2. The molecular weight excluding hydrogens is 381 g/mol. The van der Waals surface area contributed by atoms with Crippen LogP contribution in [-0.2, 0) is 10.0 Å². The summed E-state index contributed by atoms with van der Waals surface area (Å²) in [6.45, 7) is 3.43. The number of nitrogens with zero attached hydrogens (tertiary/aromatic N) is 1. The summed E-state index contributed by atoms with van der Waals surface area (Å²) in [7, 11) is -3.96. The van der Waals surface area contributed by atoms with Gasteiger partial charge in [0.2, 0.25) is 0 Å². The average Bonchev–Trinajstić information content (AvgIpc) is 2.63. The fourth-order valence-electron chi connectivity index (χ4n) is 2.56. The largest absolute Gasteiger partial charge is 0.307 e. The first-order chi connectivity index (χ1) is 13.2. The lowest BCUT2D eigenvalue weighted by molar-refractivity contribution is 0.102. The Kier molecular flexibility index (Phi) is 5.41. The zero-order valence-corrected chi connectivity index (χ0v) is 16.0. The van der Waals surface area contributed by atoms with Crippen LogP contribution in [0, 0.1) is 19.7 Å². The van der Waals surface area contributed by atoms with Crippen molar-refractivity contribution in [1.82, 2.24) is 4.98 Å². The molecule has 144 valence electrons. The monoisotopic (exact) mass is 399 g/mol. The summed E-state index contributed by atoms with van der Waals surface area (Å²) in [6, 6.07) is 14.6. The van der Waals surface area contributed by atoms with Crippen molar-refractivity contribution in [3.05, 3.63) is 83.3 Å². The smallest absolute Gasteiger partial charge is 0.262 e. The van der Waals surface area contributed by atoms with Crippen molar-refractivity contribution in [2.45, 2.75) is 18.7 Å². The Morgan fingerprint density at radius 3 is 2.39 bits per heavy atom. The van der Waals surface area contributed by atoms with Gasteiger partial charge in [-0.2, -0.15) is 0 Å². The summed E-state index contributed by atoms with van der Waals surface area (Å²) in [6.07, 6.45) is 0. The number of nitrogens with one attached hydrogen (secondary N) is 2. The van der Waals surface area contributed by atoms with E-state index in [1.165, 1.54) is 24.3 Å². The minimum absolute atomic E-state index is 0.0401. The quantitative estimate of drug-likeness (QED) is 0.681. The van der Waals surface area contributed by atoms with E-state index in [1.807, 2.05) is 0 Å². The van der Waals surface area contributed by atoms with Gasteiger partial charge in [0.05, 0.1) is 4.90 Å². The SMILES string of the molecule is Cc1cccc(NC(=O)c2ccc(C)c(S(=O)(=O)Nc3ccc(F)cc3)c2)n1. The Bertz CT molecular complexity index is 1130. The van der Waals surface area contributed by atoms with Crippen molar-refractivity contribution >= 4 is 27.4 Å². The van der Waals surface area contributed by atoms with E-state index in [9.17, 15) is 17.6 Å². The van der Waals surface area contributed by atoms with Gasteiger partial charge in [-0.1, -0.05) is 12.1 Å². The second kappa shape index (κ2) is 7.77. The maximum absolute atomic E-state index is 13.0. The summed E-state index contributed by atoms with van der Waals surface area (Å²) in [5.74, 6) is -0.571. The fraction of sp³-hybridized carbons (Fsp3) is 0.100. The number of halogens is 1. The van der Waals surface area contributed by atoms with E-state index in [1.54, 1.807) is 38.1 Å². The van der Waals surface area contributed by atoms with Crippen LogP contribution >= 0.6 is 0 Å². The molecule has 0 aliphatic carbocycles. The number of aromatic nitrogens is 1. The molecule has 8 heteroatoms. The van der Waals surface area contributed by atoms with Crippen molar-refractivity contribution in [3.63, 3.8) is 0 Å². The molecule has 1 heterocycles. The summed E-state index contributed by atoms with van der Waals surface area (Å²) >= 11 is 0. The molecule has 0 saturated heterocycles. The second-order valence-electron chi connectivity index (χ2n) is 6.21. The Balaban J connectivity index is 1.87. The van der Waals surface area contributed by atoms with Gasteiger partial charge >= 0.3 is 0 Å². The zero-order chi connectivity index (χ0) is 20.3. The number of hydrogen-bond acceptors (Lipinski definition) is 4. The van der Waals surface area contributed by atoms with Crippen LogP contribution in [0.5, 0.6) is 0 Å². The third kappa shape index (κ3) is 4.52. The summed E-state index contributed by atoms with van der Waals surface area (Å²) in [5, 5.41) is 2.65. The van der Waals surface area contributed by atoms with Crippen LogP contribution in [0.2, 0.25) is 0 Å². The van der Waals surface area contributed by atoms with Gasteiger partial charge in [0.1, 0.15) is 11.6 Å². The molecule has 0 atom stereocenters. The minimum Gasteiger partial charge on any atom is -0.307 e. The van der Waals surface area contributed by atoms with E-state index in [-0.39, 0.29) is 16.1 Å². The normalized spacial score (nSPS) is 11.1. The van der Waals surface area contributed by atoms with Crippen molar-refractivity contribution in [2.24, 2.45) is 0 Å². The molecule has 6 nitrogen and oxygen atoms in total. The highest BCUT2D eigenvalue weighted by Crippen LogP contribution is 2.21. The molecule has 3 aromatic rings. The van der Waals surface area contributed by atoms with Gasteiger partial charge in [0.15, 0.2) is 0 Å². The van der Waals surface area contributed by atoms with Crippen LogP contribution in [0.3, 0.4) is 0 Å². The lowest BCUT2D eigenvalue weighted by Gasteiger charge is -2.12. The molecule has 0 aliphatic heterocycles. The number of carbonyl (C=O) groups excluding carboxylic acids is 1. The van der Waals surface area contributed by atoms with E-state index in [0.29, 0.717) is 11.4 Å². The molecule has 0 aliphatic rings. The van der Waals surface area contributed by atoms with Gasteiger partial charge in [0, 0.05) is 16.9 Å². The molecule has 1 aromatic heterocycles. The maximum atomic E-state index is 13.0. The molecule has 0 radical (unpaired) electrons. The van der Waals surface area contributed by atoms with E-state index in [0.717, 1.165) is 17.8 Å². The van der Waals surface area contributed by atoms with E-state index >= 15 is 0 Å². The molecule has 28 heavy (non-hydrogen) atoms. The van der Waals surface area contributed by atoms with E-state index < -0.39 is 21.7 Å². The van der Waals surface area contributed by atoms with E-state index in [2.05, 4.69) is 15.0 Å². The van der Waals surface area contributed by atoms with Crippen molar-refractivity contribution in [1.29, 1.82) is 0 Å². The number of pyridine rings is 1. The van der Waals surface area contributed by atoms with Gasteiger partial charge < -0.3 is 5.32 Å². The van der Waals surface area contributed by atoms with Crippen LogP contribution < -0.4 is 10.0 Å². The highest BCUT2D eigenvalue weighted by molar-refractivity contribution is 7.92. The second-order valence-corrected chi connectivity index (χ2v) is 7.86. The molecule has 0 unspecified atom stereocenters. The molecule has 0 fully saturated rings. The third-order valence-electron chi connectivity index (χ3n) is 3.97. The predicted octanol–water partition coefficient (Wildman–Crippen LogP) is 3.89. The van der Waals surface area contributed by atoms with Crippen LogP contribution in [0.15, 0.2) is 65.6 Å². The molecule has 1 amide bonds. The summed E-state index contributed by atoms with van der Waals surface area (Å²) < 4.78 is 40.9. The topological polar surface area (TPSA) is 88.2 Å². The lowest BCUT2D eigenvalue weighted by atomic mass is 10.1. The first kappa shape index (κ1) is 19.5. The standard InChI is InChI=1S/C20H18FN3O3S/c1-13-6-7-15(20(25)23-19-5-3-4-14(2)22-19)12-18(13)28(26,27)24-17-10-8-16(21)9-11-17/h3-12,24H,1-2H3,(H,22,23,25). The Hall–Kier alpha value is -3.26. The van der Waals surface area contributed by atoms with Crippen molar-refractivity contribution in [3.8, 4) is 0 Å². The van der Waals surface area contributed by atoms with Crippen LogP contribution in [0.1, 0.15) is 21.6 Å². The Labute approximate surface area is 162 Å². The highest BCUT2D eigenvalue weighted by atomic mass is 32.2. The third-order valence-corrected chi connectivity index (χ3v) is 5.49. The molecule has 2 aromatic carbocycles. The van der Waals surface area contributed by atoms with Gasteiger partial charge in [0.25, 0.3) is 15.9 Å². The molecule has 0 saturated carbocycles. The number of amides is 1. The van der Waals surface area contributed by atoms with Crippen molar-refractivity contribution < 1.29 is 17.6 Å². The molecule has 0 spiro atoms. The van der Waals surface area contributed by atoms with Crippen molar-refractivity contribution in [2.75, 3.05) is 10.0 Å². The number of carbonyl (C=O) groups is 1.